The molecule has 0 bridgehead atoms. The van der Waals surface area contributed by atoms with Gasteiger partial charge in [0.1, 0.15) is 0 Å². The highest BCUT2D eigenvalue weighted by molar-refractivity contribution is 4.86. The first-order valence-corrected chi connectivity index (χ1v) is 5.98. The predicted molar refractivity (Wildman–Crippen MR) is 59.3 cm³/mol. The lowest BCUT2D eigenvalue weighted by Crippen LogP contribution is -2.41. The van der Waals surface area contributed by atoms with Gasteiger partial charge in [-0.05, 0) is 30.6 Å². The summed E-state index contributed by atoms with van der Waals surface area (Å²) >= 11 is 0. The number of halogens is 3. The van der Waals surface area contributed by atoms with E-state index in [1.165, 1.54) is 6.42 Å². The number of rotatable bonds is 3. The molecule has 0 aliphatic heterocycles. The number of hydrogen-bond acceptors (Lipinski definition) is 1. The maximum Gasteiger partial charge on any atom is 0.390 e. The summed E-state index contributed by atoms with van der Waals surface area (Å²) in [5.41, 5.74) is 0.258. The van der Waals surface area contributed by atoms with E-state index in [9.17, 15) is 13.2 Å². The van der Waals surface area contributed by atoms with E-state index < -0.39 is 12.6 Å². The zero-order chi connectivity index (χ0) is 12.4. The summed E-state index contributed by atoms with van der Waals surface area (Å²) in [6, 6.07) is 0.251. The molecule has 0 radical (unpaired) electrons. The first kappa shape index (κ1) is 13.8. The second kappa shape index (κ2) is 4.94. The molecule has 0 aromatic heterocycles. The highest BCUT2D eigenvalue weighted by Gasteiger charge is 2.32. The molecule has 0 aromatic carbocycles. The molecule has 2 unspecified atom stereocenters. The SMILES string of the molecule is CC1CC(NCCC(F)(F)F)CC(C)(C)C1. The van der Waals surface area contributed by atoms with E-state index in [1.807, 2.05) is 0 Å². The summed E-state index contributed by atoms with van der Waals surface area (Å²) in [6.07, 6.45) is -1.61. The molecule has 0 amide bonds. The highest BCUT2D eigenvalue weighted by atomic mass is 19.4. The minimum absolute atomic E-state index is 0.0525. The summed E-state index contributed by atoms with van der Waals surface area (Å²) in [5, 5.41) is 3.04. The van der Waals surface area contributed by atoms with E-state index >= 15 is 0 Å². The van der Waals surface area contributed by atoms with Crippen molar-refractivity contribution in [1.29, 1.82) is 0 Å². The topological polar surface area (TPSA) is 12.0 Å². The molecule has 0 heterocycles. The Labute approximate surface area is 95.8 Å². The summed E-state index contributed by atoms with van der Waals surface area (Å²) in [6.45, 7) is 6.62. The standard InChI is InChI=1S/C12H22F3N/c1-9-6-10(8-11(2,3)7-9)16-5-4-12(13,14)15/h9-10,16H,4-8H2,1-3H3. The van der Waals surface area contributed by atoms with Crippen molar-refractivity contribution in [2.45, 2.75) is 58.7 Å². The molecule has 1 fully saturated rings. The van der Waals surface area contributed by atoms with Crippen molar-refractivity contribution >= 4 is 0 Å². The molecule has 96 valence electrons. The van der Waals surface area contributed by atoms with Crippen molar-refractivity contribution in [3.8, 4) is 0 Å². The van der Waals surface area contributed by atoms with Gasteiger partial charge in [0, 0.05) is 12.6 Å². The third-order valence-electron chi connectivity index (χ3n) is 3.23. The molecule has 2 atom stereocenters. The highest BCUT2D eigenvalue weighted by Crippen LogP contribution is 2.38. The fourth-order valence-electron chi connectivity index (χ4n) is 2.92. The Bertz CT molecular complexity index is 223. The number of nitrogens with one attached hydrogen (secondary N) is 1. The van der Waals surface area contributed by atoms with Gasteiger partial charge in [0.15, 0.2) is 0 Å². The van der Waals surface area contributed by atoms with Gasteiger partial charge < -0.3 is 5.32 Å². The molecule has 1 nitrogen and oxygen atoms in total. The molecule has 1 aliphatic rings. The van der Waals surface area contributed by atoms with Crippen LogP contribution in [0.2, 0.25) is 0 Å². The fourth-order valence-corrected chi connectivity index (χ4v) is 2.92. The van der Waals surface area contributed by atoms with Gasteiger partial charge in [0.2, 0.25) is 0 Å². The molecule has 1 rings (SSSR count). The predicted octanol–water partition coefficient (Wildman–Crippen LogP) is 3.74. The fraction of sp³-hybridized carbons (Fsp3) is 1.00. The first-order chi connectivity index (χ1) is 7.18. The summed E-state index contributed by atoms with van der Waals surface area (Å²) in [5.74, 6) is 0.604. The molecular weight excluding hydrogens is 215 g/mol. The Morgan fingerprint density at radius 1 is 1.25 bits per heavy atom. The van der Waals surface area contributed by atoms with E-state index in [1.54, 1.807) is 0 Å². The van der Waals surface area contributed by atoms with Crippen molar-refractivity contribution in [3.05, 3.63) is 0 Å². The van der Waals surface area contributed by atoms with Crippen LogP contribution in [0.25, 0.3) is 0 Å². The van der Waals surface area contributed by atoms with Crippen LogP contribution >= 0.6 is 0 Å². The van der Waals surface area contributed by atoms with E-state index in [4.69, 9.17) is 0 Å². The van der Waals surface area contributed by atoms with Gasteiger partial charge in [-0.15, -0.1) is 0 Å². The Hall–Kier alpha value is -0.250. The van der Waals surface area contributed by atoms with E-state index in [2.05, 4.69) is 26.1 Å². The minimum atomic E-state index is -4.04. The van der Waals surface area contributed by atoms with Crippen LogP contribution in [0.1, 0.15) is 46.5 Å². The number of hydrogen-bond donors (Lipinski definition) is 1. The van der Waals surface area contributed by atoms with Crippen molar-refractivity contribution < 1.29 is 13.2 Å². The molecule has 0 spiro atoms. The Balaban J connectivity index is 2.32. The van der Waals surface area contributed by atoms with Crippen LogP contribution in [-0.2, 0) is 0 Å². The van der Waals surface area contributed by atoms with Gasteiger partial charge in [-0.1, -0.05) is 20.8 Å². The molecule has 4 heteroatoms. The summed E-state index contributed by atoms with van der Waals surface area (Å²) in [4.78, 5) is 0. The van der Waals surface area contributed by atoms with Gasteiger partial charge in [0.25, 0.3) is 0 Å². The second-order valence-corrected chi connectivity index (χ2v) is 5.93. The lowest BCUT2D eigenvalue weighted by molar-refractivity contribution is -0.133. The zero-order valence-corrected chi connectivity index (χ0v) is 10.3. The van der Waals surface area contributed by atoms with Crippen LogP contribution in [0.4, 0.5) is 13.2 Å². The van der Waals surface area contributed by atoms with Gasteiger partial charge in [-0.3, -0.25) is 0 Å². The lowest BCUT2D eigenvalue weighted by Gasteiger charge is -2.39. The normalized spacial score (nSPS) is 30.4. The molecule has 0 saturated heterocycles. The number of alkyl halides is 3. The second-order valence-electron chi connectivity index (χ2n) is 5.93. The molecule has 1 N–H and O–H groups in total. The van der Waals surface area contributed by atoms with Crippen LogP contribution in [0, 0.1) is 11.3 Å². The van der Waals surface area contributed by atoms with Gasteiger partial charge in [-0.25, -0.2) is 0 Å². The summed E-state index contributed by atoms with van der Waals surface area (Å²) < 4.78 is 36.0. The Morgan fingerprint density at radius 3 is 2.38 bits per heavy atom. The maximum absolute atomic E-state index is 12.0. The zero-order valence-electron chi connectivity index (χ0n) is 10.3. The average molecular weight is 237 g/mol. The van der Waals surface area contributed by atoms with Crippen LogP contribution < -0.4 is 5.32 Å². The average Bonchev–Trinajstić information content (AvgIpc) is 1.96. The van der Waals surface area contributed by atoms with Crippen molar-refractivity contribution in [2.75, 3.05) is 6.54 Å². The van der Waals surface area contributed by atoms with Gasteiger partial charge >= 0.3 is 6.18 Å². The quantitative estimate of drug-likeness (QED) is 0.788. The minimum Gasteiger partial charge on any atom is -0.314 e. The summed E-state index contributed by atoms with van der Waals surface area (Å²) in [7, 11) is 0. The largest absolute Gasteiger partial charge is 0.390 e. The monoisotopic (exact) mass is 237 g/mol. The molecule has 1 aliphatic carbocycles. The van der Waals surface area contributed by atoms with Crippen LogP contribution in [0.15, 0.2) is 0 Å². The third-order valence-corrected chi connectivity index (χ3v) is 3.23. The third kappa shape index (κ3) is 5.19. The van der Waals surface area contributed by atoms with Gasteiger partial charge in [-0.2, -0.15) is 13.2 Å². The van der Waals surface area contributed by atoms with Gasteiger partial charge in [0.05, 0.1) is 6.42 Å². The van der Waals surface area contributed by atoms with Crippen molar-refractivity contribution in [3.63, 3.8) is 0 Å². The van der Waals surface area contributed by atoms with Crippen LogP contribution in [-0.4, -0.2) is 18.8 Å². The first-order valence-electron chi connectivity index (χ1n) is 5.98. The van der Waals surface area contributed by atoms with Crippen LogP contribution in [0.5, 0.6) is 0 Å². The molecule has 1 saturated carbocycles. The van der Waals surface area contributed by atoms with E-state index in [-0.39, 0.29) is 18.0 Å². The Kier molecular flexibility index (Phi) is 4.27. The molecule has 0 aromatic rings. The van der Waals surface area contributed by atoms with E-state index in [0.29, 0.717) is 5.92 Å². The maximum atomic E-state index is 12.0. The van der Waals surface area contributed by atoms with E-state index in [0.717, 1.165) is 12.8 Å². The van der Waals surface area contributed by atoms with Crippen molar-refractivity contribution in [1.82, 2.24) is 5.32 Å². The Morgan fingerprint density at radius 2 is 1.88 bits per heavy atom. The lowest BCUT2D eigenvalue weighted by atomic mass is 9.70. The molecule has 16 heavy (non-hydrogen) atoms. The smallest absolute Gasteiger partial charge is 0.314 e. The van der Waals surface area contributed by atoms with Crippen molar-refractivity contribution in [2.24, 2.45) is 11.3 Å². The molecular formula is C12H22F3N. The van der Waals surface area contributed by atoms with Crippen LogP contribution in [0.3, 0.4) is 0 Å².